The Labute approximate surface area is 206 Å². The fourth-order valence-electron chi connectivity index (χ4n) is 3.87. The lowest BCUT2D eigenvalue weighted by Crippen LogP contribution is -2.08. The van der Waals surface area contributed by atoms with Gasteiger partial charge in [-0.2, -0.15) is 0 Å². The Morgan fingerprint density at radius 2 is 0.771 bits per heavy atom. The fraction of sp³-hybridized carbons (Fsp3) is 0. The molecule has 3 aromatic carbocycles. The maximum atomic E-state index is 6.38. The SMILES string of the molecule is S=P(Oc1cccc2cccnc12)(Oc1cccc2cccnc12)Oc1cccc2cccnc12. The van der Waals surface area contributed by atoms with Crippen molar-refractivity contribution < 1.29 is 13.6 Å². The van der Waals surface area contributed by atoms with Crippen LogP contribution >= 0.6 is 6.72 Å². The first-order chi connectivity index (χ1) is 17.2. The molecule has 170 valence electrons. The van der Waals surface area contributed by atoms with E-state index in [0.717, 1.165) is 16.2 Å². The molecule has 0 aliphatic rings. The van der Waals surface area contributed by atoms with Crippen LogP contribution in [-0.4, -0.2) is 15.0 Å². The summed E-state index contributed by atoms with van der Waals surface area (Å²) in [5, 5.41) is 2.76. The number of aromatic nitrogens is 3. The van der Waals surface area contributed by atoms with Gasteiger partial charge in [-0.15, -0.1) is 0 Å². The van der Waals surface area contributed by atoms with E-state index in [9.17, 15) is 0 Å². The van der Waals surface area contributed by atoms with E-state index in [1.54, 1.807) is 18.6 Å². The Morgan fingerprint density at radius 3 is 1.11 bits per heavy atom. The van der Waals surface area contributed by atoms with Crippen LogP contribution in [0.15, 0.2) is 110 Å². The standard InChI is InChI=1S/C27H18N3O3PS/c35-34(31-22-13-1-7-19-10-4-16-28-25(19)22,32-23-14-2-8-20-11-5-17-29-26(20)23)33-24-15-3-9-21-12-6-18-30-27(21)24/h1-18H. The maximum absolute atomic E-state index is 6.38. The van der Waals surface area contributed by atoms with Crippen molar-refractivity contribution in [1.29, 1.82) is 0 Å². The molecule has 6 nitrogen and oxygen atoms in total. The van der Waals surface area contributed by atoms with Crippen molar-refractivity contribution in [1.82, 2.24) is 15.0 Å². The molecule has 0 bridgehead atoms. The Morgan fingerprint density at radius 1 is 0.457 bits per heavy atom. The highest BCUT2D eigenvalue weighted by Gasteiger charge is 2.30. The molecule has 0 aliphatic carbocycles. The number of nitrogens with zero attached hydrogens (tertiary/aromatic N) is 3. The Balaban J connectivity index is 1.48. The highest BCUT2D eigenvalue weighted by molar-refractivity contribution is 8.08. The van der Waals surface area contributed by atoms with Gasteiger partial charge in [-0.3, -0.25) is 15.0 Å². The number of rotatable bonds is 6. The predicted molar refractivity (Wildman–Crippen MR) is 141 cm³/mol. The third-order valence-corrected chi connectivity index (χ3v) is 7.35. The minimum atomic E-state index is -3.48. The van der Waals surface area contributed by atoms with Gasteiger partial charge in [0.2, 0.25) is 0 Å². The molecular weight excluding hydrogens is 477 g/mol. The van der Waals surface area contributed by atoms with E-state index in [0.29, 0.717) is 33.8 Å². The molecule has 0 saturated carbocycles. The van der Waals surface area contributed by atoms with Gasteiger partial charge >= 0.3 is 6.72 Å². The molecule has 8 heteroatoms. The zero-order chi connectivity index (χ0) is 23.7. The van der Waals surface area contributed by atoms with Gasteiger partial charge in [0.05, 0.1) is 0 Å². The fourth-order valence-corrected chi connectivity index (χ4v) is 5.87. The number of hydrogen-bond acceptors (Lipinski definition) is 7. The molecule has 35 heavy (non-hydrogen) atoms. The Kier molecular flexibility index (Phi) is 5.49. The van der Waals surface area contributed by atoms with Gasteiger partial charge in [-0.05, 0) is 36.4 Å². The molecule has 0 N–H and O–H groups in total. The molecule has 3 heterocycles. The van der Waals surface area contributed by atoms with Crippen LogP contribution in [0.2, 0.25) is 0 Å². The van der Waals surface area contributed by atoms with E-state index in [1.807, 2.05) is 91.0 Å². The number of fused-ring (bicyclic) bond motifs is 3. The van der Waals surface area contributed by atoms with Crippen LogP contribution in [0.5, 0.6) is 17.2 Å². The van der Waals surface area contributed by atoms with E-state index >= 15 is 0 Å². The van der Waals surface area contributed by atoms with E-state index < -0.39 is 6.72 Å². The van der Waals surface area contributed by atoms with Crippen LogP contribution in [0.1, 0.15) is 0 Å². The summed E-state index contributed by atoms with van der Waals surface area (Å²) in [6.45, 7) is -3.48. The van der Waals surface area contributed by atoms with Crippen molar-refractivity contribution in [3.63, 3.8) is 0 Å². The van der Waals surface area contributed by atoms with Gasteiger partial charge in [0.15, 0.2) is 17.2 Å². The molecule has 0 atom stereocenters. The van der Waals surface area contributed by atoms with E-state index in [-0.39, 0.29) is 0 Å². The number of hydrogen-bond donors (Lipinski definition) is 0. The Bertz CT molecular complexity index is 1530. The average molecular weight is 496 g/mol. The lowest BCUT2D eigenvalue weighted by molar-refractivity contribution is 0.388. The zero-order valence-electron chi connectivity index (χ0n) is 18.3. The molecule has 0 saturated heterocycles. The molecule has 0 unspecified atom stereocenters. The zero-order valence-corrected chi connectivity index (χ0v) is 20.0. The summed E-state index contributed by atoms with van der Waals surface area (Å²) in [6, 6.07) is 28.5. The van der Waals surface area contributed by atoms with Crippen molar-refractivity contribution >= 4 is 51.2 Å². The number of benzene rings is 3. The molecule has 6 aromatic rings. The summed E-state index contributed by atoms with van der Waals surface area (Å²) >= 11 is 6.00. The number of para-hydroxylation sites is 3. The summed E-state index contributed by atoms with van der Waals surface area (Å²) in [5.74, 6) is 1.44. The van der Waals surface area contributed by atoms with Crippen LogP contribution in [0.3, 0.4) is 0 Å². The lowest BCUT2D eigenvalue weighted by atomic mass is 10.2. The van der Waals surface area contributed by atoms with Crippen molar-refractivity contribution in [2.24, 2.45) is 0 Å². The smallest absolute Gasteiger partial charge is 0.405 e. The van der Waals surface area contributed by atoms with Gasteiger partial charge in [0.25, 0.3) is 0 Å². The van der Waals surface area contributed by atoms with Gasteiger partial charge in [-0.1, -0.05) is 54.6 Å². The van der Waals surface area contributed by atoms with Crippen LogP contribution < -0.4 is 13.6 Å². The summed E-state index contributed by atoms with van der Waals surface area (Å²) in [5.41, 5.74) is 2.01. The first-order valence-electron chi connectivity index (χ1n) is 10.9. The first-order valence-corrected chi connectivity index (χ1v) is 13.4. The van der Waals surface area contributed by atoms with Crippen molar-refractivity contribution in [3.05, 3.63) is 110 Å². The molecule has 0 amide bonds. The quantitative estimate of drug-likeness (QED) is 0.229. The van der Waals surface area contributed by atoms with E-state index in [1.165, 1.54) is 0 Å². The lowest BCUT2D eigenvalue weighted by Gasteiger charge is -2.24. The van der Waals surface area contributed by atoms with Gasteiger partial charge < -0.3 is 13.6 Å². The topological polar surface area (TPSA) is 66.4 Å². The summed E-state index contributed by atoms with van der Waals surface area (Å²) in [7, 11) is 0. The molecule has 0 aliphatic heterocycles. The number of pyridine rings is 3. The summed E-state index contributed by atoms with van der Waals surface area (Å²) < 4.78 is 19.2. The maximum Gasteiger partial charge on any atom is 0.490 e. The van der Waals surface area contributed by atoms with Gasteiger partial charge in [0.1, 0.15) is 16.6 Å². The molecule has 0 fully saturated rings. The second-order valence-corrected chi connectivity index (χ2v) is 10.5. The summed E-state index contributed by atoms with van der Waals surface area (Å²) in [6.07, 6.45) is 5.14. The summed E-state index contributed by atoms with van der Waals surface area (Å²) in [4.78, 5) is 13.5. The monoisotopic (exact) mass is 495 g/mol. The average Bonchev–Trinajstić information content (AvgIpc) is 2.89. The van der Waals surface area contributed by atoms with Crippen LogP contribution in [0.4, 0.5) is 0 Å². The third kappa shape index (κ3) is 4.28. The highest BCUT2D eigenvalue weighted by atomic mass is 32.5. The molecular formula is C27H18N3O3PS. The van der Waals surface area contributed by atoms with Crippen molar-refractivity contribution in [2.45, 2.75) is 0 Å². The highest BCUT2D eigenvalue weighted by Crippen LogP contribution is 2.52. The van der Waals surface area contributed by atoms with E-state index in [2.05, 4.69) is 15.0 Å². The van der Waals surface area contributed by atoms with Crippen LogP contribution in [0.25, 0.3) is 32.7 Å². The molecule has 3 aromatic heterocycles. The Hall–Kier alpha value is -4.06. The molecule has 0 spiro atoms. The predicted octanol–water partition coefficient (Wildman–Crippen LogP) is 7.09. The van der Waals surface area contributed by atoms with E-state index in [4.69, 9.17) is 25.4 Å². The van der Waals surface area contributed by atoms with Gasteiger partial charge in [-0.25, -0.2) is 0 Å². The minimum absolute atomic E-state index is 0.479. The van der Waals surface area contributed by atoms with Crippen LogP contribution in [0, 0.1) is 0 Å². The molecule has 6 rings (SSSR count). The normalized spacial score (nSPS) is 11.5. The van der Waals surface area contributed by atoms with Gasteiger partial charge in [0, 0.05) is 46.6 Å². The molecule has 0 radical (unpaired) electrons. The van der Waals surface area contributed by atoms with Crippen molar-refractivity contribution in [3.8, 4) is 17.2 Å². The van der Waals surface area contributed by atoms with Crippen LogP contribution in [-0.2, 0) is 11.8 Å². The largest absolute Gasteiger partial charge is 0.490 e. The minimum Gasteiger partial charge on any atom is -0.405 e. The van der Waals surface area contributed by atoms with Crippen molar-refractivity contribution in [2.75, 3.05) is 0 Å². The first kappa shape index (κ1) is 21.5. The second-order valence-electron chi connectivity index (χ2n) is 7.71. The third-order valence-electron chi connectivity index (χ3n) is 5.42. The second kappa shape index (κ2) is 8.95.